The zero-order valence-electron chi connectivity index (χ0n) is 14.9. The van der Waals surface area contributed by atoms with Gasteiger partial charge in [-0.3, -0.25) is 4.79 Å². The molecule has 1 amide bonds. The lowest BCUT2D eigenvalue weighted by Gasteiger charge is -2.22. The van der Waals surface area contributed by atoms with Gasteiger partial charge in [0, 0.05) is 24.2 Å². The van der Waals surface area contributed by atoms with Gasteiger partial charge in [0.1, 0.15) is 0 Å². The number of hydrogen-bond acceptors (Lipinski definition) is 4. The van der Waals surface area contributed by atoms with E-state index in [9.17, 15) is 13.2 Å². The van der Waals surface area contributed by atoms with Gasteiger partial charge in [0.05, 0.1) is 11.5 Å². The van der Waals surface area contributed by atoms with Gasteiger partial charge in [-0.05, 0) is 51.5 Å². The van der Waals surface area contributed by atoms with Crippen molar-refractivity contribution in [3.63, 3.8) is 0 Å². The van der Waals surface area contributed by atoms with Gasteiger partial charge in [-0.2, -0.15) is 0 Å². The number of carbonyl (C=O) groups is 1. The lowest BCUT2D eigenvalue weighted by Crippen LogP contribution is -2.40. The van der Waals surface area contributed by atoms with Gasteiger partial charge in [-0.25, -0.2) is 13.1 Å². The summed E-state index contributed by atoms with van der Waals surface area (Å²) in [7, 11) is -3.62. The zero-order valence-corrected chi connectivity index (χ0v) is 15.7. The van der Waals surface area contributed by atoms with E-state index < -0.39 is 15.6 Å². The predicted molar refractivity (Wildman–Crippen MR) is 94.4 cm³/mol. The van der Waals surface area contributed by atoms with Crippen molar-refractivity contribution in [2.75, 3.05) is 19.7 Å². The van der Waals surface area contributed by atoms with Crippen LogP contribution in [0.5, 0.6) is 0 Å². The standard InChI is InChI=1S/C17H28N2O4S/c1-5-6-11-19(12-13-20)16(21)14-7-9-15(10-8-14)24(22,23)18-17(2,3)4/h7-10,18,20H,5-6,11-13H2,1-4H3. The molecule has 0 aromatic heterocycles. The van der Waals surface area contributed by atoms with E-state index in [0.29, 0.717) is 12.1 Å². The van der Waals surface area contributed by atoms with Crippen LogP contribution in [-0.4, -0.2) is 49.6 Å². The zero-order chi connectivity index (χ0) is 18.4. The Hall–Kier alpha value is -1.44. The van der Waals surface area contributed by atoms with E-state index in [-0.39, 0.29) is 24.0 Å². The molecule has 0 aliphatic rings. The first-order chi connectivity index (χ1) is 11.1. The summed E-state index contributed by atoms with van der Waals surface area (Å²) in [4.78, 5) is 14.2. The first-order valence-corrected chi connectivity index (χ1v) is 9.63. The van der Waals surface area contributed by atoms with Crippen molar-refractivity contribution in [3.8, 4) is 0 Å². The molecule has 1 aromatic rings. The van der Waals surface area contributed by atoms with Crippen LogP contribution in [0, 0.1) is 0 Å². The third-order valence-electron chi connectivity index (χ3n) is 3.29. The predicted octanol–water partition coefficient (Wildman–Crippen LogP) is 2.00. The average Bonchev–Trinajstić information content (AvgIpc) is 2.48. The van der Waals surface area contributed by atoms with Crippen molar-refractivity contribution < 1.29 is 18.3 Å². The Bertz CT molecular complexity index is 634. The summed E-state index contributed by atoms with van der Waals surface area (Å²) in [6, 6.07) is 5.88. The molecule has 7 heteroatoms. The molecule has 0 saturated carbocycles. The third kappa shape index (κ3) is 6.22. The van der Waals surface area contributed by atoms with Crippen molar-refractivity contribution in [1.29, 1.82) is 0 Å². The van der Waals surface area contributed by atoms with E-state index in [0.717, 1.165) is 12.8 Å². The Morgan fingerprint density at radius 1 is 1.17 bits per heavy atom. The Morgan fingerprint density at radius 3 is 2.21 bits per heavy atom. The van der Waals surface area contributed by atoms with Gasteiger partial charge >= 0.3 is 0 Å². The summed E-state index contributed by atoms with van der Waals surface area (Å²) in [5.41, 5.74) is -0.167. The summed E-state index contributed by atoms with van der Waals surface area (Å²) < 4.78 is 27.1. The Morgan fingerprint density at radius 2 is 1.75 bits per heavy atom. The Balaban J connectivity index is 2.95. The lowest BCUT2D eigenvalue weighted by molar-refractivity contribution is 0.0719. The largest absolute Gasteiger partial charge is 0.395 e. The molecule has 0 fully saturated rings. The second-order valence-corrected chi connectivity index (χ2v) is 8.43. The highest BCUT2D eigenvalue weighted by atomic mass is 32.2. The molecule has 2 N–H and O–H groups in total. The molecule has 1 aromatic carbocycles. The van der Waals surface area contributed by atoms with Crippen molar-refractivity contribution >= 4 is 15.9 Å². The molecule has 0 radical (unpaired) electrons. The number of nitrogens with zero attached hydrogens (tertiary/aromatic N) is 1. The maximum absolute atomic E-state index is 12.5. The van der Waals surface area contributed by atoms with E-state index >= 15 is 0 Å². The van der Waals surface area contributed by atoms with E-state index in [1.54, 1.807) is 25.7 Å². The SMILES string of the molecule is CCCCN(CCO)C(=O)c1ccc(S(=O)(=O)NC(C)(C)C)cc1. The smallest absolute Gasteiger partial charge is 0.253 e. The highest BCUT2D eigenvalue weighted by Crippen LogP contribution is 2.15. The number of rotatable bonds is 8. The summed E-state index contributed by atoms with van der Waals surface area (Å²) >= 11 is 0. The number of hydrogen-bond donors (Lipinski definition) is 2. The van der Waals surface area contributed by atoms with Gasteiger partial charge in [0.15, 0.2) is 0 Å². The van der Waals surface area contributed by atoms with Crippen LogP contribution in [0.2, 0.25) is 0 Å². The second kappa shape index (κ2) is 8.60. The summed E-state index contributed by atoms with van der Waals surface area (Å²) in [5.74, 6) is -0.203. The molecule has 0 bridgehead atoms. The third-order valence-corrected chi connectivity index (χ3v) is 5.06. The summed E-state index contributed by atoms with van der Waals surface area (Å²) in [5, 5.41) is 9.11. The number of amides is 1. The van der Waals surface area contributed by atoms with Crippen LogP contribution in [0.4, 0.5) is 0 Å². The number of aliphatic hydroxyl groups is 1. The number of sulfonamides is 1. The maximum Gasteiger partial charge on any atom is 0.253 e. The van der Waals surface area contributed by atoms with Crippen LogP contribution in [0.3, 0.4) is 0 Å². The van der Waals surface area contributed by atoms with Crippen LogP contribution in [-0.2, 0) is 10.0 Å². The molecule has 0 heterocycles. The molecule has 0 atom stereocenters. The topological polar surface area (TPSA) is 86.7 Å². The number of nitrogens with one attached hydrogen (secondary N) is 1. The molecule has 0 aliphatic heterocycles. The molecule has 0 aliphatic carbocycles. The number of carbonyl (C=O) groups excluding carboxylic acids is 1. The molecular weight excluding hydrogens is 328 g/mol. The minimum absolute atomic E-state index is 0.0998. The molecular formula is C17H28N2O4S. The summed E-state index contributed by atoms with van der Waals surface area (Å²) in [6.45, 7) is 8.07. The van der Waals surface area contributed by atoms with Crippen molar-refractivity contribution in [2.24, 2.45) is 0 Å². The molecule has 6 nitrogen and oxygen atoms in total. The monoisotopic (exact) mass is 356 g/mol. The average molecular weight is 356 g/mol. The quantitative estimate of drug-likeness (QED) is 0.746. The van der Waals surface area contributed by atoms with Crippen LogP contribution in [0.25, 0.3) is 0 Å². The second-order valence-electron chi connectivity index (χ2n) is 6.75. The van der Waals surface area contributed by atoms with Gasteiger partial charge in [0.25, 0.3) is 5.91 Å². The lowest BCUT2D eigenvalue weighted by atomic mass is 10.1. The van der Waals surface area contributed by atoms with Crippen molar-refractivity contribution in [3.05, 3.63) is 29.8 Å². The fraction of sp³-hybridized carbons (Fsp3) is 0.588. The van der Waals surface area contributed by atoms with E-state index in [4.69, 9.17) is 5.11 Å². The minimum Gasteiger partial charge on any atom is -0.395 e. The van der Waals surface area contributed by atoms with Crippen molar-refractivity contribution in [1.82, 2.24) is 9.62 Å². The van der Waals surface area contributed by atoms with Gasteiger partial charge in [-0.1, -0.05) is 13.3 Å². The molecule has 24 heavy (non-hydrogen) atoms. The molecule has 1 rings (SSSR count). The number of aliphatic hydroxyl groups excluding tert-OH is 1. The van der Waals surface area contributed by atoms with Crippen LogP contribution in [0.15, 0.2) is 29.2 Å². The highest BCUT2D eigenvalue weighted by molar-refractivity contribution is 7.89. The van der Waals surface area contributed by atoms with Crippen LogP contribution < -0.4 is 4.72 Å². The molecule has 136 valence electrons. The molecule has 0 unspecified atom stereocenters. The number of benzene rings is 1. The summed E-state index contributed by atoms with van der Waals surface area (Å²) in [6.07, 6.45) is 1.80. The fourth-order valence-electron chi connectivity index (χ4n) is 2.21. The van der Waals surface area contributed by atoms with Gasteiger partial charge < -0.3 is 10.0 Å². The Kier molecular flexibility index (Phi) is 7.38. The first-order valence-electron chi connectivity index (χ1n) is 8.15. The molecule has 0 spiro atoms. The fourth-order valence-corrected chi connectivity index (χ4v) is 3.62. The van der Waals surface area contributed by atoms with Gasteiger partial charge in [-0.15, -0.1) is 0 Å². The normalized spacial score (nSPS) is 12.2. The van der Waals surface area contributed by atoms with E-state index in [1.165, 1.54) is 24.3 Å². The van der Waals surface area contributed by atoms with Crippen LogP contribution >= 0.6 is 0 Å². The number of unbranched alkanes of at least 4 members (excludes halogenated alkanes) is 1. The Labute approximate surface area is 144 Å². The van der Waals surface area contributed by atoms with Gasteiger partial charge in [0.2, 0.25) is 10.0 Å². The maximum atomic E-state index is 12.5. The highest BCUT2D eigenvalue weighted by Gasteiger charge is 2.22. The van der Waals surface area contributed by atoms with Crippen LogP contribution in [0.1, 0.15) is 50.9 Å². The minimum atomic E-state index is -3.62. The van der Waals surface area contributed by atoms with E-state index in [2.05, 4.69) is 4.72 Å². The van der Waals surface area contributed by atoms with E-state index in [1.807, 2.05) is 6.92 Å². The van der Waals surface area contributed by atoms with Crippen molar-refractivity contribution in [2.45, 2.75) is 51.0 Å². The first kappa shape index (κ1) is 20.6. The molecule has 0 saturated heterocycles.